The van der Waals surface area contributed by atoms with Gasteiger partial charge in [0.15, 0.2) is 11.7 Å². The average molecular weight is 369 g/mol. The van der Waals surface area contributed by atoms with Gasteiger partial charge in [0.05, 0.1) is 17.1 Å². The smallest absolute Gasteiger partial charge is 0.227 e. The van der Waals surface area contributed by atoms with Gasteiger partial charge in [0.2, 0.25) is 5.71 Å². The predicted octanol–water partition coefficient (Wildman–Crippen LogP) is 6.29. The minimum Gasteiger partial charge on any atom is -0.435 e. The van der Waals surface area contributed by atoms with Crippen LogP contribution in [0.25, 0.3) is 22.1 Å². The lowest BCUT2D eigenvalue weighted by Crippen LogP contribution is -2.36. The third-order valence-corrected chi connectivity index (χ3v) is 5.48. The van der Waals surface area contributed by atoms with Crippen molar-refractivity contribution in [2.75, 3.05) is 9.80 Å². The fourth-order valence-corrected chi connectivity index (χ4v) is 4.24. The molecule has 0 fully saturated rings. The number of fused-ring (bicyclic) bond motifs is 4. The lowest BCUT2D eigenvalue weighted by Gasteiger charge is -2.32. The van der Waals surface area contributed by atoms with Gasteiger partial charge in [-0.1, -0.05) is 24.3 Å². The number of hydrogen-bond acceptors (Lipinski definition) is 4. The Hall–Kier alpha value is -3.01. The van der Waals surface area contributed by atoms with Crippen LogP contribution in [0.1, 0.15) is 25.1 Å². The molecule has 5 rings (SSSR count). The summed E-state index contributed by atoms with van der Waals surface area (Å²) in [5, 5.41) is 2.12. The van der Waals surface area contributed by atoms with Crippen molar-refractivity contribution in [3.63, 3.8) is 0 Å². The van der Waals surface area contributed by atoms with Crippen molar-refractivity contribution in [3.8, 4) is 0 Å². The number of aromatic nitrogens is 1. The predicted molar refractivity (Wildman–Crippen MR) is 116 cm³/mol. The van der Waals surface area contributed by atoms with Crippen LogP contribution in [-0.4, -0.2) is 11.0 Å². The highest BCUT2D eigenvalue weighted by molar-refractivity contribution is 6.10. The molecule has 2 radical (unpaired) electrons. The van der Waals surface area contributed by atoms with Gasteiger partial charge in [-0.15, -0.1) is 0 Å². The number of benzene rings is 2. The van der Waals surface area contributed by atoms with E-state index < -0.39 is 0 Å². The maximum Gasteiger partial charge on any atom is 0.227 e. The van der Waals surface area contributed by atoms with Crippen LogP contribution < -0.4 is 9.80 Å². The lowest BCUT2D eigenvalue weighted by molar-refractivity contribution is 0.650. The first-order valence-electron chi connectivity index (χ1n) is 9.64. The molecule has 4 aromatic rings. The van der Waals surface area contributed by atoms with Crippen molar-refractivity contribution in [3.05, 3.63) is 72.9 Å². The van der Waals surface area contributed by atoms with Crippen LogP contribution in [0.2, 0.25) is 0 Å². The van der Waals surface area contributed by atoms with E-state index in [-0.39, 0.29) is 0 Å². The SMILES string of the molecule is [CH2][C]1N(c2c(C)ccc3c2oc2nc(C)ccc23)c2ccccc2N1C(C)C. The number of anilines is 3. The standard InChI is InChI=1S/C24H23N3O/c1-14(2)26-17(5)27(21-9-7-6-8-20(21)26)22-15(3)10-12-18-19-13-11-16(4)25-24(19)28-23(18)22/h6-14H,5H2,1-4H3. The fourth-order valence-electron chi connectivity index (χ4n) is 4.24. The summed E-state index contributed by atoms with van der Waals surface area (Å²) in [6.45, 7) is 12.9. The Morgan fingerprint density at radius 1 is 0.929 bits per heavy atom. The molecule has 0 amide bonds. The third-order valence-electron chi connectivity index (χ3n) is 5.48. The van der Waals surface area contributed by atoms with Gasteiger partial charge in [0.25, 0.3) is 0 Å². The van der Waals surface area contributed by atoms with Crippen molar-refractivity contribution in [2.24, 2.45) is 0 Å². The van der Waals surface area contributed by atoms with E-state index in [1.54, 1.807) is 0 Å². The molecule has 4 nitrogen and oxygen atoms in total. The Balaban J connectivity index is 1.82. The Bertz CT molecular complexity index is 1210. The molecule has 2 aromatic heterocycles. The molecule has 3 heterocycles. The highest BCUT2D eigenvalue weighted by Crippen LogP contribution is 2.51. The molecule has 0 aliphatic carbocycles. The number of furan rings is 1. The first-order valence-corrected chi connectivity index (χ1v) is 9.64. The molecule has 0 unspecified atom stereocenters. The van der Waals surface area contributed by atoms with Crippen LogP contribution in [0.4, 0.5) is 17.1 Å². The van der Waals surface area contributed by atoms with Gasteiger partial charge < -0.3 is 14.2 Å². The van der Waals surface area contributed by atoms with Crippen LogP contribution in [-0.2, 0) is 0 Å². The van der Waals surface area contributed by atoms with Gasteiger partial charge >= 0.3 is 0 Å². The second kappa shape index (κ2) is 5.99. The summed E-state index contributed by atoms with van der Waals surface area (Å²) in [5.41, 5.74) is 6.96. The van der Waals surface area contributed by atoms with Crippen LogP contribution in [0.15, 0.2) is 52.9 Å². The molecule has 4 heteroatoms. The summed E-state index contributed by atoms with van der Waals surface area (Å²) in [5.74, 6) is 0. The Labute approximate surface area is 165 Å². The lowest BCUT2D eigenvalue weighted by atomic mass is 10.1. The number of aryl methyl sites for hydroxylation is 2. The van der Waals surface area contributed by atoms with Crippen molar-refractivity contribution in [1.82, 2.24) is 4.98 Å². The zero-order chi connectivity index (χ0) is 19.6. The molecule has 0 saturated heterocycles. The maximum atomic E-state index is 6.30. The summed E-state index contributed by atoms with van der Waals surface area (Å²) in [6.07, 6.45) is 0.941. The molecule has 0 bridgehead atoms. The second-order valence-corrected chi connectivity index (χ2v) is 7.72. The monoisotopic (exact) mass is 369 g/mol. The first kappa shape index (κ1) is 17.1. The van der Waals surface area contributed by atoms with Gasteiger partial charge in [-0.2, -0.15) is 0 Å². The number of nitrogens with zero attached hydrogens (tertiary/aromatic N) is 3. The summed E-state index contributed by atoms with van der Waals surface area (Å²) in [4.78, 5) is 9.10. The van der Waals surface area contributed by atoms with Crippen molar-refractivity contribution >= 4 is 39.1 Å². The van der Waals surface area contributed by atoms with E-state index in [9.17, 15) is 0 Å². The third kappa shape index (κ3) is 2.27. The summed E-state index contributed by atoms with van der Waals surface area (Å²) in [7, 11) is 0. The molecular weight excluding hydrogens is 346 g/mol. The topological polar surface area (TPSA) is 32.5 Å². The molecule has 140 valence electrons. The second-order valence-electron chi connectivity index (χ2n) is 7.72. The number of hydrogen-bond donors (Lipinski definition) is 0. The van der Waals surface area contributed by atoms with Gasteiger partial charge in [-0.25, -0.2) is 4.98 Å². The van der Waals surface area contributed by atoms with E-state index in [0.29, 0.717) is 11.8 Å². The quantitative estimate of drug-likeness (QED) is 0.416. The van der Waals surface area contributed by atoms with E-state index in [4.69, 9.17) is 4.42 Å². The normalized spacial score (nSPS) is 14.6. The van der Waals surface area contributed by atoms with Crippen molar-refractivity contribution in [2.45, 2.75) is 33.7 Å². The van der Waals surface area contributed by atoms with Gasteiger partial charge in [-0.05, 0) is 64.4 Å². The molecule has 1 aliphatic rings. The Morgan fingerprint density at radius 2 is 1.64 bits per heavy atom. The zero-order valence-electron chi connectivity index (χ0n) is 16.7. The Morgan fingerprint density at radius 3 is 2.39 bits per heavy atom. The van der Waals surface area contributed by atoms with E-state index >= 15 is 0 Å². The largest absolute Gasteiger partial charge is 0.435 e. The van der Waals surface area contributed by atoms with Crippen molar-refractivity contribution < 1.29 is 4.42 Å². The molecule has 0 saturated carbocycles. The molecule has 28 heavy (non-hydrogen) atoms. The van der Waals surface area contributed by atoms with E-state index in [2.05, 4.69) is 84.9 Å². The molecule has 0 spiro atoms. The molecule has 0 N–H and O–H groups in total. The first-order chi connectivity index (χ1) is 13.5. The van der Waals surface area contributed by atoms with Gasteiger partial charge in [0, 0.05) is 22.5 Å². The zero-order valence-corrected chi connectivity index (χ0v) is 16.7. The highest BCUT2D eigenvalue weighted by atomic mass is 16.3. The minimum atomic E-state index is 0.304. The minimum absolute atomic E-state index is 0.304. The van der Waals surface area contributed by atoms with E-state index in [1.165, 1.54) is 5.69 Å². The molecule has 0 atom stereocenters. The van der Waals surface area contributed by atoms with Crippen LogP contribution in [0.3, 0.4) is 0 Å². The maximum absolute atomic E-state index is 6.30. The average Bonchev–Trinajstić information content (AvgIpc) is 3.16. The van der Waals surface area contributed by atoms with Gasteiger partial charge in [-0.3, -0.25) is 0 Å². The summed E-state index contributed by atoms with van der Waals surface area (Å²) < 4.78 is 6.30. The van der Waals surface area contributed by atoms with E-state index in [1.807, 2.05) is 13.0 Å². The van der Waals surface area contributed by atoms with Crippen LogP contribution in [0, 0.1) is 26.9 Å². The van der Waals surface area contributed by atoms with Gasteiger partial charge in [0.1, 0.15) is 0 Å². The summed E-state index contributed by atoms with van der Waals surface area (Å²) >= 11 is 0. The molecular formula is C24H23N3O. The fraction of sp³-hybridized carbons (Fsp3) is 0.208. The molecule has 1 aliphatic heterocycles. The molecule has 2 aromatic carbocycles. The Kier molecular flexibility index (Phi) is 3.66. The van der Waals surface area contributed by atoms with Crippen LogP contribution in [0.5, 0.6) is 0 Å². The van der Waals surface area contributed by atoms with Crippen molar-refractivity contribution in [1.29, 1.82) is 0 Å². The highest BCUT2D eigenvalue weighted by Gasteiger charge is 2.38. The van der Waals surface area contributed by atoms with Crippen LogP contribution >= 0.6 is 0 Å². The summed E-state index contributed by atoms with van der Waals surface area (Å²) in [6, 6.07) is 17.2. The number of pyridine rings is 1. The number of para-hydroxylation sites is 2. The number of rotatable bonds is 2. The van der Waals surface area contributed by atoms with E-state index in [0.717, 1.165) is 45.2 Å².